The molecule has 2 aromatic carbocycles. The molecule has 192 valence electrons. The fourth-order valence-corrected chi connectivity index (χ4v) is 4.88. The number of nitrogens with one attached hydrogen (secondary N) is 2. The highest BCUT2D eigenvalue weighted by molar-refractivity contribution is 7.80. The predicted octanol–water partition coefficient (Wildman–Crippen LogP) is 5.35. The van der Waals surface area contributed by atoms with Gasteiger partial charge in [0.25, 0.3) is 0 Å². The number of carboxylic acid groups (broad SMARTS) is 1. The summed E-state index contributed by atoms with van der Waals surface area (Å²) in [5.41, 5.74) is 3.54. The molecule has 1 aliphatic rings. The quantitative estimate of drug-likeness (QED) is 0.264. The van der Waals surface area contributed by atoms with Gasteiger partial charge >= 0.3 is 5.97 Å². The number of thiocarbonyl (C=S) groups is 1. The average molecular weight is 527 g/mol. The summed E-state index contributed by atoms with van der Waals surface area (Å²) in [6.45, 7) is 2.33. The SMILES string of the molecule is Cc1ccccc1NC(=O)CCN1C(=S)N[C@@H](c2ccccn2)[C@@H]1c1ccc(-c2ccc(C(=O)O)cc2)o1. The number of carbonyl (C=O) groups is 2. The van der Waals surface area contributed by atoms with Crippen LogP contribution < -0.4 is 10.6 Å². The van der Waals surface area contributed by atoms with Crippen molar-refractivity contribution in [1.29, 1.82) is 0 Å². The standard InChI is InChI=1S/C29H26N4O4S/c1-18-6-2-3-7-21(18)31-25(34)15-17-33-27(26(32-29(33)38)22-8-4-5-16-30-22)24-14-13-23(37-24)19-9-11-20(12-10-19)28(35)36/h2-14,16,26-27H,15,17H2,1H3,(H,31,34)(H,32,38)(H,35,36)/t26-,27-/m0/s1. The molecule has 2 aromatic heterocycles. The molecule has 3 N–H and O–H groups in total. The summed E-state index contributed by atoms with van der Waals surface area (Å²) in [4.78, 5) is 30.5. The summed E-state index contributed by atoms with van der Waals surface area (Å²) in [6.07, 6.45) is 1.96. The van der Waals surface area contributed by atoms with Gasteiger partial charge in [0.05, 0.1) is 17.3 Å². The number of aromatic carboxylic acids is 1. The first kappa shape index (κ1) is 25.2. The number of aromatic nitrogens is 1. The second kappa shape index (κ2) is 10.9. The third-order valence-electron chi connectivity index (χ3n) is 6.53. The van der Waals surface area contributed by atoms with E-state index in [1.54, 1.807) is 30.5 Å². The van der Waals surface area contributed by atoms with Gasteiger partial charge in [-0.2, -0.15) is 0 Å². The zero-order valence-corrected chi connectivity index (χ0v) is 21.4. The third kappa shape index (κ3) is 5.28. The van der Waals surface area contributed by atoms with Gasteiger partial charge < -0.3 is 25.1 Å². The zero-order valence-electron chi connectivity index (χ0n) is 20.6. The maximum Gasteiger partial charge on any atom is 0.335 e. The van der Waals surface area contributed by atoms with Gasteiger partial charge in [0.1, 0.15) is 17.6 Å². The number of nitrogens with zero attached hydrogens (tertiary/aromatic N) is 2. The third-order valence-corrected chi connectivity index (χ3v) is 6.88. The Bertz CT molecular complexity index is 1470. The lowest BCUT2D eigenvalue weighted by molar-refractivity contribution is -0.116. The molecule has 0 saturated carbocycles. The highest BCUT2D eigenvalue weighted by Gasteiger charge is 2.41. The van der Waals surface area contributed by atoms with E-state index in [0.29, 0.717) is 23.2 Å². The highest BCUT2D eigenvalue weighted by Crippen LogP contribution is 2.40. The summed E-state index contributed by atoms with van der Waals surface area (Å²) >= 11 is 5.69. The lowest BCUT2D eigenvalue weighted by atomic mass is 10.0. The molecule has 0 aliphatic carbocycles. The second-order valence-electron chi connectivity index (χ2n) is 9.02. The molecule has 0 bridgehead atoms. The van der Waals surface area contributed by atoms with E-state index in [-0.39, 0.29) is 30.0 Å². The Balaban J connectivity index is 1.40. The Labute approximate surface area is 225 Å². The van der Waals surface area contributed by atoms with Crippen LogP contribution in [-0.4, -0.2) is 38.5 Å². The molecule has 1 amide bonds. The molecular formula is C29H26N4O4S. The Morgan fingerprint density at radius 2 is 1.82 bits per heavy atom. The molecule has 3 heterocycles. The van der Waals surface area contributed by atoms with Crippen LogP contribution in [0.15, 0.2) is 89.5 Å². The summed E-state index contributed by atoms with van der Waals surface area (Å²) in [6, 6.07) is 23.0. The van der Waals surface area contributed by atoms with Gasteiger partial charge in [-0.05, 0) is 67.2 Å². The van der Waals surface area contributed by atoms with Crippen molar-refractivity contribution < 1.29 is 19.1 Å². The Morgan fingerprint density at radius 1 is 1.05 bits per heavy atom. The molecule has 0 spiro atoms. The Hall–Kier alpha value is -4.50. The summed E-state index contributed by atoms with van der Waals surface area (Å²) in [7, 11) is 0. The van der Waals surface area contributed by atoms with Crippen molar-refractivity contribution in [3.63, 3.8) is 0 Å². The molecule has 8 nitrogen and oxygen atoms in total. The average Bonchev–Trinajstić information content (AvgIpc) is 3.54. The topological polar surface area (TPSA) is 108 Å². The van der Waals surface area contributed by atoms with E-state index in [0.717, 1.165) is 22.5 Å². The van der Waals surface area contributed by atoms with Crippen LogP contribution >= 0.6 is 12.2 Å². The van der Waals surface area contributed by atoms with Gasteiger partial charge in [-0.15, -0.1) is 0 Å². The number of benzene rings is 2. The maximum absolute atomic E-state index is 12.8. The number of para-hydroxylation sites is 1. The number of rotatable bonds is 8. The number of hydrogen-bond acceptors (Lipinski definition) is 5. The zero-order chi connectivity index (χ0) is 26.6. The number of amides is 1. The van der Waals surface area contributed by atoms with Crippen molar-refractivity contribution in [2.75, 3.05) is 11.9 Å². The smallest absolute Gasteiger partial charge is 0.335 e. The number of hydrogen-bond donors (Lipinski definition) is 3. The van der Waals surface area contributed by atoms with Crippen LogP contribution in [0.3, 0.4) is 0 Å². The monoisotopic (exact) mass is 526 g/mol. The van der Waals surface area contributed by atoms with Crippen LogP contribution in [0.4, 0.5) is 5.69 Å². The number of carboxylic acids is 1. The largest absolute Gasteiger partial charge is 0.478 e. The van der Waals surface area contributed by atoms with Gasteiger partial charge in [-0.3, -0.25) is 9.78 Å². The van der Waals surface area contributed by atoms with Crippen LogP contribution in [0.25, 0.3) is 11.3 Å². The molecule has 38 heavy (non-hydrogen) atoms. The predicted molar refractivity (Wildman–Crippen MR) is 148 cm³/mol. The molecule has 0 radical (unpaired) electrons. The number of pyridine rings is 1. The number of aryl methyl sites for hydroxylation is 1. The van der Waals surface area contributed by atoms with Crippen molar-refractivity contribution in [2.24, 2.45) is 0 Å². The minimum Gasteiger partial charge on any atom is -0.478 e. The first-order chi connectivity index (χ1) is 18.4. The minimum atomic E-state index is -0.984. The fraction of sp³-hybridized carbons (Fsp3) is 0.172. The van der Waals surface area contributed by atoms with Crippen LogP contribution in [0.1, 0.15) is 45.9 Å². The molecule has 1 saturated heterocycles. The second-order valence-corrected chi connectivity index (χ2v) is 9.40. The van der Waals surface area contributed by atoms with Crippen LogP contribution in [-0.2, 0) is 4.79 Å². The van der Waals surface area contributed by atoms with E-state index < -0.39 is 5.97 Å². The summed E-state index contributed by atoms with van der Waals surface area (Å²) in [5.74, 6) is 0.166. The normalized spacial score (nSPS) is 16.8. The van der Waals surface area contributed by atoms with Crippen LogP contribution in [0, 0.1) is 6.92 Å². The first-order valence-electron chi connectivity index (χ1n) is 12.2. The van der Waals surface area contributed by atoms with Crippen molar-refractivity contribution in [1.82, 2.24) is 15.2 Å². The van der Waals surface area contributed by atoms with Gasteiger partial charge in [0, 0.05) is 30.4 Å². The van der Waals surface area contributed by atoms with Gasteiger partial charge in [-0.1, -0.05) is 36.4 Å². The number of anilines is 1. The van der Waals surface area contributed by atoms with Crippen molar-refractivity contribution in [3.05, 3.63) is 108 Å². The fourth-order valence-electron chi connectivity index (χ4n) is 4.55. The van der Waals surface area contributed by atoms with Gasteiger partial charge in [0.15, 0.2) is 5.11 Å². The van der Waals surface area contributed by atoms with E-state index in [9.17, 15) is 14.7 Å². The van der Waals surface area contributed by atoms with E-state index in [4.69, 9.17) is 16.6 Å². The lowest BCUT2D eigenvalue weighted by Gasteiger charge is -2.26. The number of carbonyl (C=O) groups excluding carboxylic acids is 1. The van der Waals surface area contributed by atoms with Crippen molar-refractivity contribution in [2.45, 2.75) is 25.4 Å². The van der Waals surface area contributed by atoms with Gasteiger partial charge in [0.2, 0.25) is 5.91 Å². The number of furan rings is 1. The molecule has 9 heteroatoms. The Morgan fingerprint density at radius 3 is 2.53 bits per heavy atom. The minimum absolute atomic E-state index is 0.110. The molecule has 2 atom stereocenters. The molecule has 1 aliphatic heterocycles. The van der Waals surface area contributed by atoms with E-state index in [1.807, 2.05) is 66.4 Å². The lowest BCUT2D eigenvalue weighted by Crippen LogP contribution is -2.32. The van der Waals surface area contributed by atoms with Crippen LogP contribution in [0.5, 0.6) is 0 Å². The van der Waals surface area contributed by atoms with Gasteiger partial charge in [-0.25, -0.2) is 4.79 Å². The van der Waals surface area contributed by atoms with Crippen LogP contribution in [0.2, 0.25) is 0 Å². The molecular weight excluding hydrogens is 500 g/mol. The summed E-state index contributed by atoms with van der Waals surface area (Å²) < 4.78 is 6.29. The van der Waals surface area contributed by atoms with E-state index >= 15 is 0 Å². The molecule has 0 unspecified atom stereocenters. The first-order valence-corrected chi connectivity index (χ1v) is 12.6. The summed E-state index contributed by atoms with van der Waals surface area (Å²) in [5, 5.41) is 16.0. The maximum atomic E-state index is 12.8. The Kier molecular flexibility index (Phi) is 7.19. The van der Waals surface area contributed by atoms with E-state index in [2.05, 4.69) is 15.6 Å². The highest BCUT2D eigenvalue weighted by atomic mass is 32.1. The van der Waals surface area contributed by atoms with Crippen molar-refractivity contribution in [3.8, 4) is 11.3 Å². The van der Waals surface area contributed by atoms with Crippen molar-refractivity contribution >= 4 is 34.9 Å². The van der Waals surface area contributed by atoms with E-state index in [1.165, 1.54) is 0 Å². The molecule has 4 aromatic rings. The molecule has 5 rings (SSSR count). The molecule has 1 fully saturated rings.